The van der Waals surface area contributed by atoms with Crippen LogP contribution in [0.4, 0.5) is 19.0 Å². The van der Waals surface area contributed by atoms with Crippen molar-refractivity contribution in [1.82, 2.24) is 19.8 Å². The molecule has 0 radical (unpaired) electrons. The Morgan fingerprint density at radius 2 is 1.63 bits per heavy atom. The molecule has 3 N–H and O–H groups in total. The van der Waals surface area contributed by atoms with E-state index in [9.17, 15) is 27.9 Å². The number of benzene rings is 2. The number of hydrogen-bond donors (Lipinski definition) is 2. The van der Waals surface area contributed by atoms with Crippen molar-refractivity contribution < 1.29 is 27.9 Å². The number of aliphatic hydroxyl groups excluding tert-OH is 1. The molecule has 2 fully saturated rings. The summed E-state index contributed by atoms with van der Waals surface area (Å²) in [5, 5.41) is 11.7. The number of fused-ring (bicyclic) bond motifs is 1. The van der Waals surface area contributed by atoms with Crippen LogP contribution in [0.25, 0.3) is 10.9 Å². The van der Waals surface area contributed by atoms with Crippen molar-refractivity contribution in [1.29, 1.82) is 0 Å². The minimum atomic E-state index is -4.78. The largest absolute Gasteiger partial charge is 0.451 e. The molecular formula is C25H24ClF3N6O3. The summed E-state index contributed by atoms with van der Waals surface area (Å²) < 4.78 is 40.7. The summed E-state index contributed by atoms with van der Waals surface area (Å²) in [6, 6.07) is 10.2. The molecule has 13 heteroatoms. The van der Waals surface area contributed by atoms with Crippen LogP contribution in [0.5, 0.6) is 0 Å². The van der Waals surface area contributed by atoms with Crippen LogP contribution in [-0.2, 0) is 6.18 Å². The van der Waals surface area contributed by atoms with E-state index in [4.69, 9.17) is 17.3 Å². The molecule has 5 rings (SSSR count). The summed E-state index contributed by atoms with van der Waals surface area (Å²) in [6.07, 6.45) is -5.65. The molecule has 2 saturated heterocycles. The Labute approximate surface area is 220 Å². The zero-order chi connectivity index (χ0) is 27.2. The molecule has 3 heterocycles. The molecule has 2 aliphatic rings. The Morgan fingerprint density at radius 3 is 2.26 bits per heavy atom. The summed E-state index contributed by atoms with van der Waals surface area (Å²) in [6.45, 7) is 2.08. The molecule has 38 heavy (non-hydrogen) atoms. The maximum Gasteiger partial charge on any atom is 0.451 e. The number of aliphatic hydroxyl groups is 1. The number of rotatable bonds is 4. The first-order valence-electron chi connectivity index (χ1n) is 11.9. The van der Waals surface area contributed by atoms with Gasteiger partial charge in [0.2, 0.25) is 11.7 Å². The van der Waals surface area contributed by atoms with E-state index >= 15 is 0 Å². The Bertz CT molecular complexity index is 1380. The molecule has 3 aromatic rings. The van der Waals surface area contributed by atoms with Gasteiger partial charge in [-0.15, -0.1) is 0 Å². The van der Waals surface area contributed by atoms with Crippen molar-refractivity contribution >= 4 is 40.1 Å². The molecule has 2 aliphatic heterocycles. The number of piperazine rings is 1. The lowest BCUT2D eigenvalue weighted by molar-refractivity contribution is -0.144. The molecule has 200 valence electrons. The fourth-order valence-electron chi connectivity index (χ4n) is 4.97. The Hall–Kier alpha value is -3.48. The number of β-amino-alcohol motifs (C(OH)–C–C–N with tert-alkyl or cyclic N) is 1. The average Bonchev–Trinajstić information content (AvgIpc) is 3.28. The minimum absolute atomic E-state index is 0.0135. The Kier molecular flexibility index (Phi) is 6.88. The second-order valence-electron chi connectivity index (χ2n) is 9.34. The first kappa shape index (κ1) is 26.1. The standard InChI is InChI=1S/C25H24ClF3N6O3/c26-16-4-1-14(2-5-16)23(38)34-9-7-33(8-10-34)19-12-35(13-20(19)36)22-17-11-15(21(30)37)3-6-18(17)31-24(32-22)25(27,28)29/h1-6,11,19-20,36H,7-10,12-13H2,(H2,30,37)/t19-,20-/m1/s1. The van der Waals surface area contributed by atoms with Gasteiger partial charge in [0.25, 0.3) is 5.91 Å². The van der Waals surface area contributed by atoms with Crippen LogP contribution in [0, 0.1) is 0 Å². The van der Waals surface area contributed by atoms with Gasteiger partial charge in [-0.2, -0.15) is 13.2 Å². The third-order valence-electron chi connectivity index (χ3n) is 6.93. The van der Waals surface area contributed by atoms with Gasteiger partial charge < -0.3 is 20.6 Å². The van der Waals surface area contributed by atoms with Crippen LogP contribution in [0.1, 0.15) is 26.5 Å². The Morgan fingerprint density at radius 1 is 0.974 bits per heavy atom. The van der Waals surface area contributed by atoms with Gasteiger partial charge in [-0.05, 0) is 42.5 Å². The van der Waals surface area contributed by atoms with Gasteiger partial charge in [0.15, 0.2) is 0 Å². The normalized spacial score (nSPS) is 20.8. The van der Waals surface area contributed by atoms with Crippen LogP contribution in [0.15, 0.2) is 42.5 Å². The first-order valence-corrected chi connectivity index (χ1v) is 12.3. The number of anilines is 1. The molecule has 1 aromatic heterocycles. The second kappa shape index (κ2) is 10.0. The van der Waals surface area contributed by atoms with Crippen molar-refractivity contribution in [2.75, 3.05) is 44.2 Å². The molecular weight excluding hydrogens is 525 g/mol. The van der Waals surface area contributed by atoms with Crippen LogP contribution >= 0.6 is 11.6 Å². The number of primary amides is 1. The van der Waals surface area contributed by atoms with E-state index in [0.29, 0.717) is 36.8 Å². The number of nitrogens with zero attached hydrogens (tertiary/aromatic N) is 5. The first-order chi connectivity index (χ1) is 18.0. The maximum absolute atomic E-state index is 13.6. The Balaban J connectivity index is 1.35. The topological polar surface area (TPSA) is 116 Å². The number of carbonyl (C=O) groups excluding carboxylic acids is 2. The van der Waals surface area contributed by atoms with Gasteiger partial charge in [0.1, 0.15) is 5.82 Å². The van der Waals surface area contributed by atoms with Crippen molar-refractivity contribution in [3.8, 4) is 0 Å². The quantitative estimate of drug-likeness (QED) is 0.514. The molecule has 0 spiro atoms. The van der Waals surface area contributed by atoms with Crippen molar-refractivity contribution in [3.63, 3.8) is 0 Å². The lowest BCUT2D eigenvalue weighted by Gasteiger charge is -2.38. The fourth-order valence-corrected chi connectivity index (χ4v) is 5.09. The smallest absolute Gasteiger partial charge is 0.390 e. The van der Waals surface area contributed by atoms with E-state index in [2.05, 4.69) is 9.97 Å². The predicted octanol–water partition coefficient (Wildman–Crippen LogP) is 2.41. The van der Waals surface area contributed by atoms with Gasteiger partial charge in [-0.25, -0.2) is 9.97 Å². The highest BCUT2D eigenvalue weighted by atomic mass is 35.5. The highest BCUT2D eigenvalue weighted by Gasteiger charge is 2.40. The third kappa shape index (κ3) is 5.11. The number of hydrogen-bond acceptors (Lipinski definition) is 7. The molecule has 2 aromatic carbocycles. The zero-order valence-corrected chi connectivity index (χ0v) is 20.8. The van der Waals surface area contributed by atoms with E-state index < -0.39 is 24.0 Å². The van der Waals surface area contributed by atoms with Crippen LogP contribution < -0.4 is 10.6 Å². The van der Waals surface area contributed by atoms with E-state index in [-0.39, 0.29) is 47.3 Å². The monoisotopic (exact) mass is 548 g/mol. The molecule has 0 unspecified atom stereocenters. The van der Waals surface area contributed by atoms with E-state index in [1.807, 2.05) is 4.90 Å². The number of halogens is 4. The highest BCUT2D eigenvalue weighted by Crippen LogP contribution is 2.34. The van der Waals surface area contributed by atoms with Gasteiger partial charge >= 0.3 is 6.18 Å². The molecule has 9 nitrogen and oxygen atoms in total. The minimum Gasteiger partial charge on any atom is -0.390 e. The van der Waals surface area contributed by atoms with E-state index in [1.54, 1.807) is 34.1 Å². The molecule has 0 aliphatic carbocycles. The fraction of sp³-hybridized carbons (Fsp3) is 0.360. The predicted molar refractivity (Wildman–Crippen MR) is 134 cm³/mol. The molecule has 0 saturated carbocycles. The highest BCUT2D eigenvalue weighted by molar-refractivity contribution is 6.30. The van der Waals surface area contributed by atoms with Gasteiger partial charge in [0, 0.05) is 60.8 Å². The van der Waals surface area contributed by atoms with E-state index in [0.717, 1.165) is 0 Å². The average molecular weight is 549 g/mol. The molecule has 2 atom stereocenters. The molecule has 0 bridgehead atoms. The number of carbonyl (C=O) groups is 2. The third-order valence-corrected chi connectivity index (χ3v) is 7.19. The van der Waals surface area contributed by atoms with Crippen LogP contribution in [-0.4, -0.2) is 88.1 Å². The van der Waals surface area contributed by atoms with Crippen molar-refractivity contribution in [2.45, 2.75) is 18.3 Å². The number of amides is 2. The molecule has 2 amide bonds. The van der Waals surface area contributed by atoms with Crippen molar-refractivity contribution in [2.24, 2.45) is 5.73 Å². The van der Waals surface area contributed by atoms with Crippen LogP contribution in [0.2, 0.25) is 5.02 Å². The number of aromatic nitrogens is 2. The maximum atomic E-state index is 13.6. The summed E-state index contributed by atoms with van der Waals surface area (Å²) in [4.78, 5) is 37.3. The number of alkyl halides is 3. The SMILES string of the molecule is NC(=O)c1ccc2nc(C(F)(F)F)nc(N3C[C@@H](O)[C@H](N4CCN(C(=O)c5ccc(Cl)cc5)CC4)C3)c2c1. The summed E-state index contributed by atoms with van der Waals surface area (Å²) >= 11 is 5.90. The summed E-state index contributed by atoms with van der Waals surface area (Å²) in [5.41, 5.74) is 6.02. The second-order valence-corrected chi connectivity index (χ2v) is 9.78. The van der Waals surface area contributed by atoms with Gasteiger partial charge in [0.05, 0.1) is 17.7 Å². The van der Waals surface area contributed by atoms with E-state index in [1.165, 1.54) is 18.2 Å². The zero-order valence-electron chi connectivity index (χ0n) is 20.0. The van der Waals surface area contributed by atoms with Crippen LogP contribution in [0.3, 0.4) is 0 Å². The van der Waals surface area contributed by atoms with Crippen molar-refractivity contribution in [3.05, 3.63) is 64.4 Å². The van der Waals surface area contributed by atoms with Gasteiger partial charge in [-0.1, -0.05) is 11.6 Å². The number of nitrogens with two attached hydrogens (primary N) is 1. The summed E-state index contributed by atoms with van der Waals surface area (Å²) in [5.74, 6) is -2.18. The summed E-state index contributed by atoms with van der Waals surface area (Å²) in [7, 11) is 0. The lowest BCUT2D eigenvalue weighted by Crippen LogP contribution is -2.54. The lowest BCUT2D eigenvalue weighted by atomic mass is 10.1. The van der Waals surface area contributed by atoms with Gasteiger partial charge in [-0.3, -0.25) is 14.5 Å².